The van der Waals surface area contributed by atoms with E-state index in [2.05, 4.69) is 5.32 Å². The third-order valence-corrected chi connectivity index (χ3v) is 10.5. The molecule has 1 N–H and O–H groups in total. The number of rotatable bonds is 7. The lowest BCUT2D eigenvalue weighted by atomic mass is 10.2. The summed E-state index contributed by atoms with van der Waals surface area (Å²) in [5.41, 5.74) is 0.471. The summed E-state index contributed by atoms with van der Waals surface area (Å²) in [6.07, 6.45) is 6.35. The van der Waals surface area contributed by atoms with Crippen LogP contribution in [-0.4, -0.2) is 64.6 Å². The number of carbonyl (C=O) groups excluding carboxylic acids is 1. The maximum absolute atomic E-state index is 13.2. The zero-order valence-corrected chi connectivity index (χ0v) is 22.1. The van der Waals surface area contributed by atoms with Gasteiger partial charge in [-0.15, -0.1) is 0 Å². The van der Waals surface area contributed by atoms with Crippen molar-refractivity contribution in [1.82, 2.24) is 8.61 Å². The molecule has 0 spiro atoms. The molecule has 2 aliphatic rings. The topological polar surface area (TPSA) is 113 Å². The Balaban J connectivity index is 1.54. The summed E-state index contributed by atoms with van der Waals surface area (Å²) in [6, 6.07) is 10.3. The molecule has 0 aromatic heterocycles. The molecule has 2 saturated heterocycles. The molecule has 4 rings (SSSR count). The molecule has 2 aromatic carbocycles. The quantitative estimate of drug-likeness (QED) is 0.579. The number of carbonyl (C=O) groups is 1. The molecule has 0 aliphatic carbocycles. The van der Waals surface area contributed by atoms with E-state index in [-0.39, 0.29) is 21.1 Å². The van der Waals surface area contributed by atoms with Gasteiger partial charge in [0.1, 0.15) is 5.75 Å². The highest BCUT2D eigenvalue weighted by Gasteiger charge is 2.28. The van der Waals surface area contributed by atoms with E-state index in [0.29, 0.717) is 31.9 Å². The van der Waals surface area contributed by atoms with E-state index in [4.69, 9.17) is 4.74 Å². The molecule has 0 unspecified atom stereocenters. The molecule has 0 bridgehead atoms. The normalized spacial score (nSPS) is 18.4. The second kappa shape index (κ2) is 11.3. The molecule has 11 heteroatoms. The lowest BCUT2D eigenvalue weighted by Crippen LogP contribution is -2.35. The summed E-state index contributed by atoms with van der Waals surface area (Å²) >= 11 is 0. The van der Waals surface area contributed by atoms with Crippen LogP contribution in [0.1, 0.15) is 55.3 Å². The third kappa shape index (κ3) is 5.74. The van der Waals surface area contributed by atoms with E-state index < -0.39 is 26.0 Å². The van der Waals surface area contributed by atoms with Gasteiger partial charge in [-0.25, -0.2) is 16.8 Å². The Morgan fingerprint density at radius 1 is 0.722 bits per heavy atom. The molecule has 0 atom stereocenters. The number of amides is 1. The smallest absolute Gasteiger partial charge is 0.259 e. The summed E-state index contributed by atoms with van der Waals surface area (Å²) in [6.45, 7) is 1.94. The first-order valence-corrected chi connectivity index (χ1v) is 15.2. The summed E-state index contributed by atoms with van der Waals surface area (Å²) in [4.78, 5) is 13.3. The van der Waals surface area contributed by atoms with Crippen LogP contribution >= 0.6 is 0 Å². The standard InChI is InChI=1S/C25H33N3O6S2/c1-34-24-14-13-22(36(32,33)28-15-5-2-3-6-16-28)19-23(24)25(29)26-20-9-11-21(12-10-20)35(30,31)27-17-7-4-8-18-27/h9-14,19H,2-8,15-18H2,1H3,(H,26,29). The summed E-state index contributed by atoms with van der Waals surface area (Å²) in [5, 5.41) is 2.72. The first kappa shape index (κ1) is 26.6. The van der Waals surface area contributed by atoms with Crippen molar-refractivity contribution < 1.29 is 26.4 Å². The van der Waals surface area contributed by atoms with E-state index in [9.17, 15) is 21.6 Å². The van der Waals surface area contributed by atoms with Gasteiger partial charge in [0, 0.05) is 31.9 Å². The van der Waals surface area contributed by atoms with Crippen molar-refractivity contribution in [2.45, 2.75) is 54.7 Å². The van der Waals surface area contributed by atoms with Crippen molar-refractivity contribution in [1.29, 1.82) is 0 Å². The van der Waals surface area contributed by atoms with Crippen LogP contribution in [0.2, 0.25) is 0 Å². The zero-order valence-electron chi connectivity index (χ0n) is 20.5. The van der Waals surface area contributed by atoms with Gasteiger partial charge in [-0.1, -0.05) is 19.3 Å². The Hall–Kier alpha value is -2.47. The van der Waals surface area contributed by atoms with Crippen LogP contribution in [0.3, 0.4) is 0 Å². The highest BCUT2D eigenvalue weighted by Crippen LogP contribution is 2.28. The summed E-state index contributed by atoms with van der Waals surface area (Å²) < 4.78 is 60.5. The van der Waals surface area contributed by atoms with Crippen molar-refractivity contribution in [3.05, 3.63) is 48.0 Å². The van der Waals surface area contributed by atoms with Gasteiger partial charge in [-0.2, -0.15) is 8.61 Å². The average molecular weight is 536 g/mol. The molecule has 0 saturated carbocycles. The molecule has 9 nitrogen and oxygen atoms in total. The molecule has 36 heavy (non-hydrogen) atoms. The van der Waals surface area contributed by atoms with Gasteiger partial charge in [0.05, 0.1) is 22.5 Å². The fourth-order valence-corrected chi connectivity index (χ4v) is 7.68. The molecule has 2 heterocycles. The van der Waals surface area contributed by atoms with Crippen LogP contribution in [0.15, 0.2) is 52.3 Å². The van der Waals surface area contributed by atoms with Crippen molar-refractivity contribution in [2.24, 2.45) is 0 Å². The lowest BCUT2D eigenvalue weighted by molar-refractivity contribution is 0.102. The SMILES string of the molecule is COc1ccc(S(=O)(=O)N2CCCCCC2)cc1C(=O)Nc1ccc(S(=O)(=O)N2CCCCC2)cc1. The van der Waals surface area contributed by atoms with Crippen LogP contribution in [0, 0.1) is 0 Å². The fourth-order valence-electron chi connectivity index (χ4n) is 4.62. The van der Waals surface area contributed by atoms with E-state index in [1.807, 2.05) is 0 Å². The second-order valence-corrected chi connectivity index (χ2v) is 13.0. The van der Waals surface area contributed by atoms with Crippen molar-refractivity contribution in [3.63, 3.8) is 0 Å². The maximum atomic E-state index is 13.2. The maximum Gasteiger partial charge on any atom is 0.259 e. The van der Waals surface area contributed by atoms with Crippen LogP contribution < -0.4 is 10.1 Å². The van der Waals surface area contributed by atoms with Gasteiger partial charge in [0.15, 0.2) is 0 Å². The molecular weight excluding hydrogens is 502 g/mol. The lowest BCUT2D eigenvalue weighted by Gasteiger charge is -2.25. The van der Waals surface area contributed by atoms with E-state index in [1.54, 1.807) is 0 Å². The minimum atomic E-state index is -3.75. The number of hydrogen-bond acceptors (Lipinski definition) is 6. The first-order valence-electron chi connectivity index (χ1n) is 12.3. The Morgan fingerprint density at radius 2 is 1.19 bits per heavy atom. The average Bonchev–Trinajstić information content (AvgIpc) is 3.19. The molecule has 2 aliphatic heterocycles. The predicted octanol–water partition coefficient (Wildman–Crippen LogP) is 3.69. The Bertz CT molecular complexity index is 1280. The molecule has 1 amide bonds. The molecule has 0 radical (unpaired) electrons. The van der Waals surface area contributed by atoms with E-state index in [1.165, 1.54) is 58.2 Å². The van der Waals surface area contributed by atoms with Gasteiger partial charge in [-0.3, -0.25) is 4.79 Å². The highest BCUT2D eigenvalue weighted by molar-refractivity contribution is 7.89. The fraction of sp³-hybridized carbons (Fsp3) is 0.480. The summed E-state index contributed by atoms with van der Waals surface area (Å²) in [7, 11) is -5.91. The second-order valence-electron chi connectivity index (χ2n) is 9.12. The van der Waals surface area contributed by atoms with E-state index in [0.717, 1.165) is 44.9 Å². The molecule has 2 aromatic rings. The zero-order chi connectivity index (χ0) is 25.8. The minimum absolute atomic E-state index is 0.0401. The van der Waals surface area contributed by atoms with Gasteiger partial charge >= 0.3 is 0 Å². The number of hydrogen-bond donors (Lipinski definition) is 1. The summed E-state index contributed by atoms with van der Waals surface area (Å²) in [5.74, 6) is -0.307. The molecule has 2 fully saturated rings. The van der Waals surface area contributed by atoms with Gasteiger partial charge in [0.25, 0.3) is 5.91 Å². The first-order chi connectivity index (χ1) is 17.2. The number of methoxy groups -OCH3 is 1. The van der Waals surface area contributed by atoms with Gasteiger partial charge in [-0.05, 0) is 68.1 Å². The largest absolute Gasteiger partial charge is 0.496 e. The minimum Gasteiger partial charge on any atom is -0.496 e. The molecule has 196 valence electrons. The number of anilines is 1. The monoisotopic (exact) mass is 535 g/mol. The van der Waals surface area contributed by atoms with Gasteiger partial charge in [0.2, 0.25) is 20.0 Å². The van der Waals surface area contributed by atoms with Crippen molar-refractivity contribution in [2.75, 3.05) is 38.6 Å². The number of piperidine rings is 1. The number of ether oxygens (including phenoxy) is 1. The highest BCUT2D eigenvalue weighted by atomic mass is 32.2. The molecular formula is C25H33N3O6S2. The Morgan fingerprint density at radius 3 is 1.72 bits per heavy atom. The predicted molar refractivity (Wildman–Crippen MR) is 137 cm³/mol. The third-order valence-electron chi connectivity index (χ3n) is 6.68. The van der Waals surface area contributed by atoms with Gasteiger partial charge < -0.3 is 10.1 Å². The van der Waals surface area contributed by atoms with E-state index >= 15 is 0 Å². The van der Waals surface area contributed by atoms with Crippen LogP contribution in [0.5, 0.6) is 5.75 Å². The number of benzene rings is 2. The Labute approximate surface area is 213 Å². The van der Waals surface area contributed by atoms with Crippen molar-refractivity contribution >= 4 is 31.6 Å². The number of sulfonamides is 2. The van der Waals surface area contributed by atoms with Crippen LogP contribution in [-0.2, 0) is 20.0 Å². The van der Waals surface area contributed by atoms with Crippen molar-refractivity contribution in [3.8, 4) is 5.75 Å². The number of nitrogens with zero attached hydrogens (tertiary/aromatic N) is 2. The number of nitrogens with one attached hydrogen (secondary N) is 1. The Kier molecular flexibility index (Phi) is 8.34. The van der Waals surface area contributed by atoms with Crippen LogP contribution in [0.25, 0.3) is 0 Å². The van der Waals surface area contributed by atoms with Crippen LogP contribution in [0.4, 0.5) is 5.69 Å².